The van der Waals surface area contributed by atoms with Crippen LogP contribution < -0.4 is 0 Å². The molecule has 0 aromatic carbocycles. The maximum atomic E-state index is 10.7. The van der Waals surface area contributed by atoms with Crippen LogP contribution in [-0.2, 0) is 4.79 Å². The zero-order valence-corrected chi connectivity index (χ0v) is 12.2. The van der Waals surface area contributed by atoms with E-state index in [1.165, 1.54) is 11.3 Å². The number of nitrogens with zero attached hydrogens (tertiary/aromatic N) is 3. The number of carboxylic acids is 1. The van der Waals surface area contributed by atoms with Crippen molar-refractivity contribution < 1.29 is 9.90 Å². The van der Waals surface area contributed by atoms with Gasteiger partial charge in [-0.05, 0) is 45.7 Å². The molecule has 5 heteroatoms. The number of rotatable bonds is 4. The summed E-state index contributed by atoms with van der Waals surface area (Å²) in [4.78, 5) is 19.5. The summed E-state index contributed by atoms with van der Waals surface area (Å²) in [7, 11) is 1.87. The van der Waals surface area contributed by atoms with Gasteiger partial charge in [0, 0.05) is 18.8 Å². The lowest BCUT2D eigenvalue weighted by molar-refractivity contribution is -0.138. The predicted molar refractivity (Wildman–Crippen MR) is 75.2 cm³/mol. The van der Waals surface area contributed by atoms with Crippen molar-refractivity contribution in [1.82, 2.24) is 9.80 Å². The van der Waals surface area contributed by atoms with Crippen molar-refractivity contribution in [1.29, 1.82) is 0 Å². The van der Waals surface area contributed by atoms with E-state index in [0.29, 0.717) is 5.92 Å². The SMILES string of the molecule is CC1=N[C@@H](C)C(C)=C2CC(CN(C)CC(=O)O)CN12. The van der Waals surface area contributed by atoms with Crippen LogP contribution in [0.25, 0.3) is 0 Å². The molecule has 2 aliphatic heterocycles. The van der Waals surface area contributed by atoms with E-state index < -0.39 is 5.97 Å². The number of allylic oxidation sites excluding steroid dienone is 1. The minimum absolute atomic E-state index is 0.109. The Balaban J connectivity index is 2.03. The maximum absolute atomic E-state index is 10.7. The quantitative estimate of drug-likeness (QED) is 0.835. The fourth-order valence-electron chi connectivity index (χ4n) is 3.06. The number of carbonyl (C=O) groups is 1. The number of carboxylic acid groups (broad SMARTS) is 1. The first kappa shape index (κ1) is 14.1. The standard InChI is InChI=1S/C14H23N3O2/c1-9-10(2)15-11(3)17-7-12(5-13(9)17)6-16(4)8-14(18)19/h10,12H,5-8H2,1-4H3,(H,18,19)/t10-,12?/m0/s1. The van der Waals surface area contributed by atoms with E-state index in [4.69, 9.17) is 5.11 Å². The minimum atomic E-state index is -0.764. The average Bonchev–Trinajstić information content (AvgIpc) is 2.69. The van der Waals surface area contributed by atoms with Gasteiger partial charge in [0.15, 0.2) is 0 Å². The van der Waals surface area contributed by atoms with Crippen LogP contribution >= 0.6 is 0 Å². The third-order valence-corrected chi connectivity index (χ3v) is 4.08. The fraction of sp³-hybridized carbons (Fsp3) is 0.714. The molecule has 0 aromatic heterocycles. The molecule has 0 amide bonds. The average molecular weight is 265 g/mol. The van der Waals surface area contributed by atoms with Crippen LogP contribution in [-0.4, -0.2) is 59.4 Å². The lowest BCUT2D eigenvalue weighted by atomic mass is 10.0. The number of fused-ring (bicyclic) bond motifs is 1. The highest BCUT2D eigenvalue weighted by Crippen LogP contribution is 2.34. The van der Waals surface area contributed by atoms with Gasteiger partial charge in [-0.1, -0.05) is 0 Å². The number of aliphatic imine (C=N–C) groups is 1. The van der Waals surface area contributed by atoms with Gasteiger partial charge >= 0.3 is 5.97 Å². The molecule has 0 aromatic rings. The van der Waals surface area contributed by atoms with Gasteiger partial charge in [-0.15, -0.1) is 0 Å². The zero-order chi connectivity index (χ0) is 14.2. The molecule has 19 heavy (non-hydrogen) atoms. The van der Waals surface area contributed by atoms with Gasteiger partial charge in [0.25, 0.3) is 0 Å². The largest absolute Gasteiger partial charge is 0.480 e. The molecule has 1 unspecified atom stereocenters. The smallest absolute Gasteiger partial charge is 0.317 e. The topological polar surface area (TPSA) is 56.1 Å². The second-order valence-electron chi connectivity index (χ2n) is 5.75. The Morgan fingerprint density at radius 3 is 2.84 bits per heavy atom. The second kappa shape index (κ2) is 5.33. The summed E-state index contributed by atoms with van der Waals surface area (Å²) in [6.45, 7) is 8.24. The Morgan fingerprint density at radius 1 is 1.53 bits per heavy atom. The molecule has 0 radical (unpaired) electrons. The molecule has 0 aliphatic carbocycles. The van der Waals surface area contributed by atoms with E-state index in [0.717, 1.165) is 25.3 Å². The summed E-state index contributed by atoms with van der Waals surface area (Å²) in [5, 5.41) is 8.80. The van der Waals surface area contributed by atoms with E-state index in [2.05, 4.69) is 30.7 Å². The van der Waals surface area contributed by atoms with E-state index in [9.17, 15) is 4.79 Å². The van der Waals surface area contributed by atoms with Crippen LogP contribution in [0.3, 0.4) is 0 Å². The van der Waals surface area contributed by atoms with Crippen molar-refractivity contribution in [3.63, 3.8) is 0 Å². The Bertz CT molecular complexity index is 442. The van der Waals surface area contributed by atoms with Crippen molar-refractivity contribution in [2.75, 3.05) is 26.7 Å². The second-order valence-corrected chi connectivity index (χ2v) is 5.75. The molecule has 1 fully saturated rings. The molecule has 1 N–H and O–H groups in total. The van der Waals surface area contributed by atoms with E-state index >= 15 is 0 Å². The Hall–Kier alpha value is -1.36. The molecule has 2 heterocycles. The zero-order valence-electron chi connectivity index (χ0n) is 12.2. The highest BCUT2D eigenvalue weighted by molar-refractivity contribution is 5.83. The molecular formula is C14H23N3O2. The molecule has 0 spiro atoms. The summed E-state index contributed by atoms with van der Waals surface area (Å²) in [5.41, 5.74) is 2.75. The molecule has 2 atom stereocenters. The molecule has 2 aliphatic rings. The first-order valence-electron chi connectivity index (χ1n) is 6.80. The minimum Gasteiger partial charge on any atom is -0.480 e. The summed E-state index contributed by atoms with van der Waals surface area (Å²) < 4.78 is 0. The normalized spacial score (nSPS) is 26.8. The third kappa shape index (κ3) is 2.97. The van der Waals surface area contributed by atoms with Crippen molar-refractivity contribution in [2.24, 2.45) is 10.9 Å². The number of likely N-dealkylation sites (N-methyl/N-ethyl adjacent to an activating group) is 1. The molecule has 106 valence electrons. The summed E-state index contributed by atoms with van der Waals surface area (Å²) in [6.07, 6.45) is 1.03. The highest BCUT2D eigenvalue weighted by atomic mass is 16.4. The van der Waals surface area contributed by atoms with Crippen LogP contribution in [0.4, 0.5) is 0 Å². The van der Waals surface area contributed by atoms with Crippen LogP contribution in [0.2, 0.25) is 0 Å². The Morgan fingerprint density at radius 2 is 2.21 bits per heavy atom. The molecule has 1 saturated heterocycles. The lowest BCUT2D eigenvalue weighted by Gasteiger charge is -2.29. The molecular weight excluding hydrogens is 242 g/mol. The van der Waals surface area contributed by atoms with E-state index in [-0.39, 0.29) is 12.6 Å². The van der Waals surface area contributed by atoms with Crippen LogP contribution in [0, 0.1) is 5.92 Å². The number of hydrogen-bond donors (Lipinski definition) is 1. The monoisotopic (exact) mass is 265 g/mol. The van der Waals surface area contributed by atoms with Gasteiger partial charge in [-0.3, -0.25) is 14.7 Å². The van der Waals surface area contributed by atoms with Crippen LogP contribution in [0.15, 0.2) is 16.3 Å². The fourth-order valence-corrected chi connectivity index (χ4v) is 3.06. The summed E-state index contributed by atoms with van der Waals surface area (Å²) in [5.74, 6) is 0.821. The van der Waals surface area contributed by atoms with Crippen LogP contribution in [0.5, 0.6) is 0 Å². The Labute approximate surface area is 114 Å². The first-order valence-corrected chi connectivity index (χ1v) is 6.80. The summed E-state index contributed by atoms with van der Waals surface area (Å²) in [6, 6.07) is 0.279. The number of aliphatic carboxylic acids is 1. The number of hydrogen-bond acceptors (Lipinski definition) is 4. The van der Waals surface area contributed by atoms with Gasteiger partial charge in [-0.2, -0.15) is 0 Å². The Kier molecular flexibility index (Phi) is 3.94. The summed E-state index contributed by atoms with van der Waals surface area (Å²) >= 11 is 0. The van der Waals surface area contributed by atoms with Gasteiger partial charge in [0.05, 0.1) is 12.6 Å². The van der Waals surface area contributed by atoms with Crippen LogP contribution in [0.1, 0.15) is 27.2 Å². The molecule has 2 rings (SSSR count). The van der Waals surface area contributed by atoms with Crippen molar-refractivity contribution in [2.45, 2.75) is 33.2 Å². The molecule has 5 nitrogen and oxygen atoms in total. The number of amidine groups is 1. The van der Waals surface area contributed by atoms with Crippen molar-refractivity contribution >= 4 is 11.8 Å². The van der Waals surface area contributed by atoms with Crippen molar-refractivity contribution in [3.05, 3.63) is 11.3 Å². The predicted octanol–water partition coefficient (Wildman–Crippen LogP) is 1.42. The maximum Gasteiger partial charge on any atom is 0.317 e. The molecule has 0 bridgehead atoms. The third-order valence-electron chi connectivity index (χ3n) is 4.08. The lowest BCUT2D eigenvalue weighted by Crippen LogP contribution is -2.34. The highest BCUT2D eigenvalue weighted by Gasteiger charge is 2.33. The van der Waals surface area contributed by atoms with Gasteiger partial charge in [0.2, 0.25) is 0 Å². The van der Waals surface area contributed by atoms with E-state index in [1.54, 1.807) is 0 Å². The van der Waals surface area contributed by atoms with Crippen molar-refractivity contribution in [3.8, 4) is 0 Å². The first-order chi connectivity index (χ1) is 8.88. The van der Waals surface area contributed by atoms with Gasteiger partial charge in [0.1, 0.15) is 5.84 Å². The van der Waals surface area contributed by atoms with E-state index in [1.807, 2.05) is 11.9 Å². The van der Waals surface area contributed by atoms with Gasteiger partial charge < -0.3 is 10.0 Å². The van der Waals surface area contributed by atoms with Gasteiger partial charge in [-0.25, -0.2) is 0 Å². The molecule has 0 saturated carbocycles.